The molecule has 8 heteroatoms. The molecule has 0 spiro atoms. The smallest absolute Gasteiger partial charge is 0.227 e. The van der Waals surface area contributed by atoms with Crippen LogP contribution in [0, 0.1) is 13.8 Å². The van der Waals surface area contributed by atoms with E-state index < -0.39 is 0 Å². The Bertz CT molecular complexity index is 821. The third kappa shape index (κ3) is 3.04. The number of aromatic nitrogens is 4. The summed E-state index contributed by atoms with van der Waals surface area (Å²) in [5, 5.41) is 8.50. The Kier molecular flexibility index (Phi) is 4.52. The number of hydrogen-bond donors (Lipinski definition) is 0. The monoisotopic (exact) mass is 444 g/mol. The standard InChI is InChI=1S/C14H14Br2N4OS/c1-7-9(8(2)20(3)18-7)4-5-12-17-14(19-21-12)10-6-11(15)22-13(10)16/h6H,4-5H2,1-3H3. The van der Waals surface area contributed by atoms with E-state index >= 15 is 0 Å². The summed E-state index contributed by atoms with van der Waals surface area (Å²) >= 11 is 8.57. The molecule has 3 aromatic heterocycles. The van der Waals surface area contributed by atoms with Crippen LogP contribution in [0.15, 0.2) is 18.2 Å². The van der Waals surface area contributed by atoms with Crippen molar-refractivity contribution < 1.29 is 4.52 Å². The second kappa shape index (κ2) is 6.25. The van der Waals surface area contributed by atoms with Crippen LogP contribution in [-0.4, -0.2) is 19.9 Å². The van der Waals surface area contributed by atoms with E-state index in [4.69, 9.17) is 4.52 Å². The average molecular weight is 446 g/mol. The van der Waals surface area contributed by atoms with Crippen molar-refractivity contribution in [3.8, 4) is 11.4 Å². The highest BCUT2D eigenvalue weighted by Gasteiger charge is 2.16. The van der Waals surface area contributed by atoms with Crippen LogP contribution < -0.4 is 0 Å². The van der Waals surface area contributed by atoms with Crippen molar-refractivity contribution >= 4 is 43.2 Å². The van der Waals surface area contributed by atoms with Crippen molar-refractivity contribution in [3.63, 3.8) is 0 Å². The van der Waals surface area contributed by atoms with Crippen molar-refractivity contribution in [2.24, 2.45) is 7.05 Å². The van der Waals surface area contributed by atoms with Gasteiger partial charge < -0.3 is 4.52 Å². The van der Waals surface area contributed by atoms with E-state index in [9.17, 15) is 0 Å². The Morgan fingerprint density at radius 1 is 1.27 bits per heavy atom. The average Bonchev–Trinajstić information content (AvgIpc) is 3.10. The molecule has 116 valence electrons. The van der Waals surface area contributed by atoms with E-state index in [1.54, 1.807) is 11.3 Å². The van der Waals surface area contributed by atoms with Crippen LogP contribution in [0.5, 0.6) is 0 Å². The Balaban J connectivity index is 1.76. The van der Waals surface area contributed by atoms with E-state index in [1.807, 2.05) is 24.7 Å². The molecule has 3 rings (SSSR count). The summed E-state index contributed by atoms with van der Waals surface area (Å²) in [6.07, 6.45) is 1.56. The molecule has 0 N–H and O–H groups in total. The number of aryl methyl sites for hydroxylation is 3. The molecule has 0 aromatic carbocycles. The maximum absolute atomic E-state index is 5.37. The number of halogens is 2. The van der Waals surface area contributed by atoms with Crippen LogP contribution in [0.25, 0.3) is 11.4 Å². The van der Waals surface area contributed by atoms with E-state index in [2.05, 4.69) is 54.0 Å². The lowest BCUT2D eigenvalue weighted by Crippen LogP contribution is -1.96. The molecule has 0 unspecified atom stereocenters. The number of hydrogen-bond acceptors (Lipinski definition) is 5. The maximum Gasteiger partial charge on any atom is 0.227 e. The quantitative estimate of drug-likeness (QED) is 0.594. The van der Waals surface area contributed by atoms with Gasteiger partial charge in [-0.15, -0.1) is 11.3 Å². The molecule has 0 amide bonds. The molecule has 0 aliphatic carbocycles. The highest BCUT2D eigenvalue weighted by Crippen LogP contribution is 2.37. The Morgan fingerprint density at radius 3 is 2.64 bits per heavy atom. The Hall–Kier alpha value is -0.990. The minimum atomic E-state index is 0.614. The molecular formula is C14H14Br2N4OS. The lowest BCUT2D eigenvalue weighted by Gasteiger charge is -1.99. The van der Waals surface area contributed by atoms with Crippen LogP contribution >= 0.6 is 43.2 Å². The third-order valence-corrected chi connectivity index (χ3v) is 5.95. The summed E-state index contributed by atoms with van der Waals surface area (Å²) in [6.45, 7) is 4.11. The maximum atomic E-state index is 5.37. The number of nitrogens with zero attached hydrogens (tertiary/aromatic N) is 4. The third-order valence-electron chi connectivity index (χ3n) is 3.61. The summed E-state index contributed by atoms with van der Waals surface area (Å²) < 4.78 is 9.30. The summed E-state index contributed by atoms with van der Waals surface area (Å²) in [5.74, 6) is 1.26. The zero-order valence-corrected chi connectivity index (χ0v) is 16.3. The molecule has 3 heterocycles. The molecule has 0 atom stereocenters. The van der Waals surface area contributed by atoms with E-state index in [1.165, 1.54) is 11.3 Å². The predicted octanol–water partition coefficient (Wildman–Crippen LogP) is 4.46. The Morgan fingerprint density at radius 2 is 2.05 bits per heavy atom. The van der Waals surface area contributed by atoms with Gasteiger partial charge in [0.1, 0.15) is 0 Å². The zero-order valence-electron chi connectivity index (χ0n) is 12.4. The van der Waals surface area contributed by atoms with Crippen molar-refractivity contribution in [3.05, 3.63) is 36.5 Å². The first-order chi connectivity index (χ1) is 10.5. The van der Waals surface area contributed by atoms with Crippen molar-refractivity contribution in [2.45, 2.75) is 26.7 Å². The van der Waals surface area contributed by atoms with Gasteiger partial charge in [0.2, 0.25) is 11.7 Å². The molecular weight excluding hydrogens is 432 g/mol. The lowest BCUT2D eigenvalue weighted by molar-refractivity contribution is 0.378. The number of rotatable bonds is 4. The van der Waals surface area contributed by atoms with Crippen molar-refractivity contribution in [2.75, 3.05) is 0 Å². The van der Waals surface area contributed by atoms with Crippen LogP contribution in [0.2, 0.25) is 0 Å². The first kappa shape index (κ1) is 15.9. The summed E-state index contributed by atoms with van der Waals surface area (Å²) in [7, 11) is 1.96. The second-order valence-corrected chi connectivity index (χ2v) is 8.77. The van der Waals surface area contributed by atoms with E-state index in [0.717, 1.165) is 25.3 Å². The fourth-order valence-electron chi connectivity index (χ4n) is 2.37. The van der Waals surface area contributed by atoms with Gasteiger partial charge in [0.25, 0.3) is 0 Å². The molecule has 5 nitrogen and oxygen atoms in total. The minimum Gasteiger partial charge on any atom is -0.339 e. The molecule has 22 heavy (non-hydrogen) atoms. The number of thiophene rings is 1. The van der Waals surface area contributed by atoms with Crippen LogP contribution in [0.3, 0.4) is 0 Å². The fraction of sp³-hybridized carbons (Fsp3) is 0.357. The SMILES string of the molecule is Cc1nn(C)c(C)c1CCc1nc(-c2cc(Br)sc2Br)no1. The molecule has 0 aliphatic rings. The summed E-state index contributed by atoms with van der Waals surface area (Å²) in [6, 6.07) is 1.98. The Labute approximate surface area is 149 Å². The van der Waals surface area contributed by atoms with Gasteiger partial charge >= 0.3 is 0 Å². The van der Waals surface area contributed by atoms with Crippen molar-refractivity contribution in [1.29, 1.82) is 0 Å². The summed E-state index contributed by atoms with van der Waals surface area (Å²) in [5.41, 5.74) is 4.44. The van der Waals surface area contributed by atoms with E-state index in [-0.39, 0.29) is 0 Å². The molecule has 0 saturated carbocycles. The van der Waals surface area contributed by atoms with Gasteiger partial charge in [-0.2, -0.15) is 10.1 Å². The minimum absolute atomic E-state index is 0.614. The zero-order chi connectivity index (χ0) is 15.9. The van der Waals surface area contributed by atoms with Crippen LogP contribution in [-0.2, 0) is 19.9 Å². The van der Waals surface area contributed by atoms with Gasteiger partial charge in [-0.25, -0.2) is 0 Å². The largest absolute Gasteiger partial charge is 0.339 e. The fourth-order valence-corrected chi connectivity index (χ4v) is 5.16. The summed E-state index contributed by atoms with van der Waals surface area (Å²) in [4.78, 5) is 4.49. The molecule has 0 bridgehead atoms. The van der Waals surface area contributed by atoms with Gasteiger partial charge in [0.05, 0.1) is 13.3 Å². The highest BCUT2D eigenvalue weighted by atomic mass is 79.9. The molecule has 3 aromatic rings. The van der Waals surface area contributed by atoms with Gasteiger partial charge in [-0.1, -0.05) is 5.16 Å². The van der Waals surface area contributed by atoms with Crippen LogP contribution in [0.1, 0.15) is 22.8 Å². The first-order valence-electron chi connectivity index (χ1n) is 6.72. The first-order valence-corrected chi connectivity index (χ1v) is 9.13. The van der Waals surface area contributed by atoms with Gasteiger partial charge in [0.15, 0.2) is 0 Å². The van der Waals surface area contributed by atoms with Crippen molar-refractivity contribution in [1.82, 2.24) is 19.9 Å². The van der Waals surface area contributed by atoms with Gasteiger partial charge in [0, 0.05) is 24.7 Å². The van der Waals surface area contributed by atoms with E-state index in [0.29, 0.717) is 18.1 Å². The van der Waals surface area contributed by atoms with Crippen LogP contribution in [0.4, 0.5) is 0 Å². The normalized spacial score (nSPS) is 11.3. The highest BCUT2D eigenvalue weighted by molar-refractivity contribution is 9.12. The lowest BCUT2D eigenvalue weighted by atomic mass is 10.1. The topological polar surface area (TPSA) is 56.7 Å². The molecule has 0 saturated heterocycles. The molecule has 0 fully saturated rings. The van der Waals surface area contributed by atoms with Gasteiger partial charge in [-0.05, 0) is 63.8 Å². The second-order valence-electron chi connectivity index (χ2n) is 5.02. The molecule has 0 radical (unpaired) electrons. The predicted molar refractivity (Wildman–Crippen MR) is 93.1 cm³/mol. The van der Waals surface area contributed by atoms with Gasteiger partial charge in [-0.3, -0.25) is 4.68 Å². The molecule has 0 aliphatic heterocycles.